The Morgan fingerprint density at radius 1 is 1.17 bits per heavy atom. The molecular weight excluding hydrogens is 333 g/mol. The molecule has 2 rings (SSSR count). The summed E-state index contributed by atoms with van der Waals surface area (Å²) in [5.74, 6) is 0.850. The van der Waals surface area contributed by atoms with E-state index in [1.807, 2.05) is 25.1 Å². The summed E-state index contributed by atoms with van der Waals surface area (Å²) in [4.78, 5) is 12.0. The van der Waals surface area contributed by atoms with Crippen LogP contribution in [0.15, 0.2) is 36.4 Å². The molecule has 0 aliphatic carbocycles. The third-order valence-electron chi connectivity index (χ3n) is 3.44. The standard InChI is InChI=1S/C18H19Cl2NO2/c1-11(2)15-6-5-14(8-12(15)3)23-10-18(22)21-17-7-4-13(19)9-16(17)20/h4-9,11H,10H2,1-3H3,(H,21,22). The number of ether oxygens (including phenoxy) is 1. The van der Waals surface area contributed by atoms with Gasteiger partial charge in [-0.25, -0.2) is 0 Å². The molecule has 0 aromatic heterocycles. The molecule has 1 amide bonds. The van der Waals surface area contributed by atoms with E-state index in [0.29, 0.717) is 27.4 Å². The number of benzene rings is 2. The van der Waals surface area contributed by atoms with Gasteiger partial charge in [0.2, 0.25) is 0 Å². The zero-order valence-electron chi connectivity index (χ0n) is 13.3. The first-order valence-corrected chi connectivity index (χ1v) is 8.10. The van der Waals surface area contributed by atoms with Crippen LogP contribution in [0.5, 0.6) is 5.75 Å². The largest absolute Gasteiger partial charge is 0.484 e. The van der Waals surface area contributed by atoms with E-state index >= 15 is 0 Å². The highest BCUT2D eigenvalue weighted by molar-refractivity contribution is 6.36. The number of hydrogen-bond donors (Lipinski definition) is 1. The zero-order valence-corrected chi connectivity index (χ0v) is 14.8. The van der Waals surface area contributed by atoms with Crippen LogP contribution in [0.25, 0.3) is 0 Å². The van der Waals surface area contributed by atoms with Crippen LogP contribution in [-0.4, -0.2) is 12.5 Å². The van der Waals surface area contributed by atoms with Crippen LogP contribution in [0.2, 0.25) is 10.0 Å². The summed E-state index contributed by atoms with van der Waals surface area (Å²) in [5, 5.41) is 3.61. The monoisotopic (exact) mass is 351 g/mol. The van der Waals surface area contributed by atoms with Crippen molar-refractivity contribution in [1.82, 2.24) is 0 Å². The van der Waals surface area contributed by atoms with Crippen molar-refractivity contribution in [2.75, 3.05) is 11.9 Å². The van der Waals surface area contributed by atoms with Gasteiger partial charge in [0.1, 0.15) is 5.75 Å². The summed E-state index contributed by atoms with van der Waals surface area (Å²) in [6.45, 7) is 6.24. The molecule has 23 heavy (non-hydrogen) atoms. The molecule has 0 fully saturated rings. The first-order valence-electron chi connectivity index (χ1n) is 7.35. The van der Waals surface area contributed by atoms with Crippen molar-refractivity contribution in [3.8, 4) is 5.75 Å². The van der Waals surface area contributed by atoms with E-state index in [0.717, 1.165) is 5.56 Å². The molecular formula is C18H19Cl2NO2. The molecule has 0 heterocycles. The summed E-state index contributed by atoms with van der Waals surface area (Å²) in [7, 11) is 0. The van der Waals surface area contributed by atoms with Crippen LogP contribution in [0.1, 0.15) is 30.9 Å². The van der Waals surface area contributed by atoms with Gasteiger partial charge in [-0.1, -0.05) is 43.1 Å². The molecule has 0 atom stereocenters. The number of halogens is 2. The van der Waals surface area contributed by atoms with Gasteiger partial charge in [0.05, 0.1) is 10.7 Å². The quantitative estimate of drug-likeness (QED) is 0.778. The van der Waals surface area contributed by atoms with E-state index < -0.39 is 0 Å². The molecule has 1 N–H and O–H groups in total. The molecule has 122 valence electrons. The van der Waals surface area contributed by atoms with Crippen molar-refractivity contribution in [1.29, 1.82) is 0 Å². The highest BCUT2D eigenvalue weighted by Crippen LogP contribution is 2.26. The van der Waals surface area contributed by atoms with Crippen LogP contribution >= 0.6 is 23.2 Å². The molecule has 2 aromatic rings. The number of carbonyl (C=O) groups excluding carboxylic acids is 1. The van der Waals surface area contributed by atoms with Gasteiger partial charge in [0.15, 0.2) is 6.61 Å². The molecule has 0 spiro atoms. The fourth-order valence-electron chi connectivity index (χ4n) is 2.31. The Labute approximate surface area is 146 Å². The predicted octanol–water partition coefficient (Wildman–Crippen LogP) is 5.44. The van der Waals surface area contributed by atoms with Gasteiger partial charge in [0, 0.05) is 5.02 Å². The first kappa shape index (κ1) is 17.6. The highest BCUT2D eigenvalue weighted by Gasteiger charge is 2.09. The Kier molecular flexibility index (Phi) is 5.91. The third kappa shape index (κ3) is 4.88. The van der Waals surface area contributed by atoms with Crippen LogP contribution < -0.4 is 10.1 Å². The van der Waals surface area contributed by atoms with Gasteiger partial charge in [-0.2, -0.15) is 0 Å². The van der Waals surface area contributed by atoms with Gasteiger partial charge in [-0.15, -0.1) is 0 Å². The second-order valence-electron chi connectivity index (χ2n) is 5.63. The second kappa shape index (κ2) is 7.71. The Morgan fingerprint density at radius 3 is 2.52 bits per heavy atom. The van der Waals surface area contributed by atoms with Crippen molar-refractivity contribution in [3.63, 3.8) is 0 Å². The van der Waals surface area contributed by atoms with Gasteiger partial charge in [-0.05, 0) is 54.3 Å². The van der Waals surface area contributed by atoms with Crippen molar-refractivity contribution >= 4 is 34.8 Å². The molecule has 0 aliphatic rings. The summed E-state index contributed by atoms with van der Waals surface area (Å²) < 4.78 is 5.54. The van der Waals surface area contributed by atoms with Gasteiger partial charge in [0.25, 0.3) is 5.91 Å². The number of amides is 1. The van der Waals surface area contributed by atoms with E-state index in [-0.39, 0.29) is 12.5 Å². The zero-order chi connectivity index (χ0) is 17.0. The van der Waals surface area contributed by atoms with E-state index in [4.69, 9.17) is 27.9 Å². The molecule has 2 aromatic carbocycles. The minimum absolute atomic E-state index is 0.0839. The normalized spacial score (nSPS) is 10.7. The first-order chi connectivity index (χ1) is 10.9. The smallest absolute Gasteiger partial charge is 0.262 e. The lowest BCUT2D eigenvalue weighted by atomic mass is 9.98. The van der Waals surface area contributed by atoms with E-state index in [2.05, 4.69) is 19.2 Å². The molecule has 0 radical (unpaired) electrons. The van der Waals surface area contributed by atoms with Crippen molar-refractivity contribution < 1.29 is 9.53 Å². The maximum absolute atomic E-state index is 12.0. The molecule has 0 aliphatic heterocycles. The van der Waals surface area contributed by atoms with E-state index in [9.17, 15) is 4.79 Å². The van der Waals surface area contributed by atoms with Crippen LogP contribution in [0.3, 0.4) is 0 Å². The van der Waals surface area contributed by atoms with Gasteiger partial charge in [-0.3, -0.25) is 4.79 Å². The SMILES string of the molecule is Cc1cc(OCC(=O)Nc2ccc(Cl)cc2Cl)ccc1C(C)C. The molecule has 3 nitrogen and oxygen atoms in total. The maximum atomic E-state index is 12.0. The summed E-state index contributed by atoms with van der Waals surface area (Å²) >= 11 is 11.8. The van der Waals surface area contributed by atoms with E-state index in [1.54, 1.807) is 18.2 Å². The molecule has 0 unspecified atom stereocenters. The maximum Gasteiger partial charge on any atom is 0.262 e. The second-order valence-corrected chi connectivity index (χ2v) is 6.48. The average Bonchev–Trinajstić information content (AvgIpc) is 2.48. The number of rotatable bonds is 5. The number of nitrogens with one attached hydrogen (secondary N) is 1. The molecule has 5 heteroatoms. The molecule has 0 bridgehead atoms. The van der Waals surface area contributed by atoms with Crippen LogP contribution in [0.4, 0.5) is 5.69 Å². The van der Waals surface area contributed by atoms with Crippen LogP contribution in [0, 0.1) is 6.92 Å². The Bertz CT molecular complexity index is 714. The summed E-state index contributed by atoms with van der Waals surface area (Å²) in [5.41, 5.74) is 2.93. The lowest BCUT2D eigenvalue weighted by Gasteiger charge is -2.13. The van der Waals surface area contributed by atoms with Crippen molar-refractivity contribution in [2.45, 2.75) is 26.7 Å². The Hall–Kier alpha value is -1.71. The van der Waals surface area contributed by atoms with Crippen molar-refractivity contribution in [2.24, 2.45) is 0 Å². The minimum Gasteiger partial charge on any atom is -0.484 e. The van der Waals surface area contributed by atoms with Crippen molar-refractivity contribution in [3.05, 3.63) is 57.6 Å². The molecule has 0 saturated heterocycles. The Morgan fingerprint density at radius 2 is 1.91 bits per heavy atom. The van der Waals surface area contributed by atoms with Crippen LogP contribution in [-0.2, 0) is 4.79 Å². The van der Waals surface area contributed by atoms with Gasteiger partial charge >= 0.3 is 0 Å². The fraction of sp³-hybridized carbons (Fsp3) is 0.278. The fourth-order valence-corrected chi connectivity index (χ4v) is 2.77. The topological polar surface area (TPSA) is 38.3 Å². The Balaban J connectivity index is 1.95. The third-order valence-corrected chi connectivity index (χ3v) is 3.99. The predicted molar refractivity (Wildman–Crippen MR) is 95.9 cm³/mol. The van der Waals surface area contributed by atoms with E-state index in [1.165, 1.54) is 5.56 Å². The number of aryl methyl sites for hydroxylation is 1. The number of anilines is 1. The minimum atomic E-state index is -0.278. The average molecular weight is 352 g/mol. The lowest BCUT2D eigenvalue weighted by Crippen LogP contribution is -2.20. The lowest BCUT2D eigenvalue weighted by molar-refractivity contribution is -0.118. The number of carbonyl (C=O) groups is 1. The van der Waals surface area contributed by atoms with Gasteiger partial charge < -0.3 is 10.1 Å². The summed E-state index contributed by atoms with van der Waals surface area (Å²) in [6, 6.07) is 10.8. The molecule has 0 saturated carbocycles. The summed E-state index contributed by atoms with van der Waals surface area (Å²) in [6.07, 6.45) is 0. The highest BCUT2D eigenvalue weighted by atomic mass is 35.5. The number of hydrogen-bond acceptors (Lipinski definition) is 2.